The van der Waals surface area contributed by atoms with Crippen molar-refractivity contribution in [3.63, 3.8) is 0 Å². The fourth-order valence-electron chi connectivity index (χ4n) is 3.24. The van der Waals surface area contributed by atoms with Gasteiger partial charge in [-0.1, -0.05) is 12.2 Å². The first-order chi connectivity index (χ1) is 10.4. The topological polar surface area (TPSA) is 66.5 Å². The van der Waals surface area contributed by atoms with Crippen LogP contribution < -0.4 is 5.32 Å². The quantitative estimate of drug-likeness (QED) is 0.864. The minimum absolute atomic E-state index is 0.0278. The van der Waals surface area contributed by atoms with Crippen LogP contribution in [0.2, 0.25) is 0 Å². The van der Waals surface area contributed by atoms with E-state index in [2.05, 4.69) is 17.5 Å². The van der Waals surface area contributed by atoms with Crippen LogP contribution in [-0.4, -0.2) is 32.7 Å². The Hall–Kier alpha value is -1.66. The molecule has 2 bridgehead atoms. The average Bonchev–Trinajstić information content (AvgIpc) is 3.10. The molecule has 3 atom stereocenters. The third-order valence-corrected chi connectivity index (χ3v) is 6.35. The molecule has 0 radical (unpaired) electrons. The molecule has 2 aliphatic rings. The lowest BCUT2D eigenvalue weighted by Crippen LogP contribution is -2.26. The van der Waals surface area contributed by atoms with E-state index in [9.17, 15) is 13.2 Å². The van der Waals surface area contributed by atoms with Crippen LogP contribution in [0.1, 0.15) is 12.8 Å². The highest BCUT2D eigenvalue weighted by Crippen LogP contribution is 2.43. The lowest BCUT2D eigenvalue weighted by molar-refractivity contribution is -0.120. The van der Waals surface area contributed by atoms with Crippen molar-refractivity contribution < 1.29 is 13.2 Å². The number of benzene rings is 1. The van der Waals surface area contributed by atoms with Crippen LogP contribution in [0.15, 0.2) is 41.3 Å². The van der Waals surface area contributed by atoms with Gasteiger partial charge in [0, 0.05) is 25.7 Å². The predicted octanol–water partition coefficient (Wildman–Crippen LogP) is 2.09. The van der Waals surface area contributed by atoms with Crippen molar-refractivity contribution in [2.45, 2.75) is 17.7 Å². The summed E-state index contributed by atoms with van der Waals surface area (Å²) >= 11 is 0. The highest BCUT2D eigenvalue weighted by atomic mass is 32.2. The van der Waals surface area contributed by atoms with Crippen LogP contribution in [0.25, 0.3) is 0 Å². The summed E-state index contributed by atoms with van der Waals surface area (Å²) < 4.78 is 25.2. The maximum Gasteiger partial charge on any atom is 0.242 e. The van der Waals surface area contributed by atoms with Gasteiger partial charge in [0.15, 0.2) is 0 Å². The van der Waals surface area contributed by atoms with Gasteiger partial charge in [-0.2, -0.15) is 0 Å². The molecule has 2 aliphatic carbocycles. The summed E-state index contributed by atoms with van der Waals surface area (Å²) in [4.78, 5) is 12.5. The molecule has 6 heteroatoms. The van der Waals surface area contributed by atoms with Gasteiger partial charge >= 0.3 is 0 Å². The van der Waals surface area contributed by atoms with E-state index in [0.29, 0.717) is 17.5 Å². The van der Waals surface area contributed by atoms with Crippen LogP contribution in [-0.2, 0) is 14.8 Å². The number of hydrogen-bond donors (Lipinski definition) is 1. The third-order valence-electron chi connectivity index (χ3n) is 4.52. The molecule has 1 N–H and O–H groups in total. The first-order valence-electron chi connectivity index (χ1n) is 7.39. The third kappa shape index (κ3) is 2.68. The van der Waals surface area contributed by atoms with E-state index in [0.717, 1.165) is 12.8 Å². The molecule has 0 aliphatic heterocycles. The maximum atomic E-state index is 12.3. The Morgan fingerprint density at radius 2 is 1.82 bits per heavy atom. The van der Waals surface area contributed by atoms with E-state index in [1.165, 1.54) is 30.5 Å². The minimum atomic E-state index is -3.43. The van der Waals surface area contributed by atoms with E-state index in [1.54, 1.807) is 12.1 Å². The van der Waals surface area contributed by atoms with E-state index in [4.69, 9.17) is 0 Å². The molecule has 0 unspecified atom stereocenters. The molecule has 22 heavy (non-hydrogen) atoms. The van der Waals surface area contributed by atoms with Gasteiger partial charge in [-0.25, -0.2) is 12.7 Å². The second kappa shape index (κ2) is 5.52. The maximum absolute atomic E-state index is 12.3. The van der Waals surface area contributed by atoms with Gasteiger partial charge in [0.2, 0.25) is 15.9 Å². The molecule has 1 aromatic carbocycles. The Morgan fingerprint density at radius 1 is 1.14 bits per heavy atom. The molecule has 118 valence electrons. The fraction of sp³-hybridized carbons (Fsp3) is 0.438. The van der Waals surface area contributed by atoms with E-state index in [1.807, 2.05) is 0 Å². The second-order valence-corrected chi connectivity index (χ2v) is 8.34. The number of carbonyl (C=O) groups is 1. The number of sulfonamides is 1. The Labute approximate surface area is 131 Å². The largest absolute Gasteiger partial charge is 0.326 e. The van der Waals surface area contributed by atoms with Crippen LogP contribution in [0.5, 0.6) is 0 Å². The molecule has 3 rings (SSSR count). The zero-order valence-corrected chi connectivity index (χ0v) is 13.5. The number of allylic oxidation sites excluding steroid dienone is 2. The van der Waals surface area contributed by atoms with Gasteiger partial charge in [-0.05, 0) is 48.9 Å². The van der Waals surface area contributed by atoms with Gasteiger partial charge in [-0.3, -0.25) is 4.79 Å². The number of amides is 1. The van der Waals surface area contributed by atoms with E-state index < -0.39 is 10.0 Å². The van der Waals surface area contributed by atoms with E-state index >= 15 is 0 Å². The fourth-order valence-corrected chi connectivity index (χ4v) is 4.14. The smallest absolute Gasteiger partial charge is 0.242 e. The Kier molecular flexibility index (Phi) is 3.82. The molecule has 1 amide bonds. The molecule has 1 saturated carbocycles. The Morgan fingerprint density at radius 3 is 2.32 bits per heavy atom. The molecular weight excluding hydrogens is 300 g/mol. The second-order valence-electron chi connectivity index (χ2n) is 6.19. The van der Waals surface area contributed by atoms with Crippen molar-refractivity contribution in [3.8, 4) is 0 Å². The monoisotopic (exact) mass is 320 g/mol. The van der Waals surface area contributed by atoms with E-state index in [-0.39, 0.29) is 16.7 Å². The summed E-state index contributed by atoms with van der Waals surface area (Å²) in [7, 11) is -0.446. The summed E-state index contributed by atoms with van der Waals surface area (Å²) in [5.41, 5.74) is 0.634. The van der Waals surface area contributed by atoms with Gasteiger partial charge in [0.1, 0.15) is 0 Å². The van der Waals surface area contributed by atoms with Crippen molar-refractivity contribution in [2.24, 2.45) is 17.8 Å². The van der Waals surface area contributed by atoms with Crippen molar-refractivity contribution in [2.75, 3.05) is 19.4 Å². The van der Waals surface area contributed by atoms with Gasteiger partial charge < -0.3 is 5.32 Å². The lowest BCUT2D eigenvalue weighted by atomic mass is 9.93. The van der Waals surface area contributed by atoms with Crippen molar-refractivity contribution >= 4 is 21.6 Å². The molecule has 0 saturated heterocycles. The number of carbonyl (C=O) groups excluding carboxylic acids is 1. The highest BCUT2D eigenvalue weighted by Gasteiger charge is 2.39. The van der Waals surface area contributed by atoms with Crippen molar-refractivity contribution in [1.82, 2.24) is 4.31 Å². The van der Waals surface area contributed by atoms with Crippen molar-refractivity contribution in [3.05, 3.63) is 36.4 Å². The molecule has 5 nitrogen and oxygen atoms in total. The minimum Gasteiger partial charge on any atom is -0.326 e. The summed E-state index contributed by atoms with van der Waals surface area (Å²) in [5, 5.41) is 2.90. The lowest BCUT2D eigenvalue weighted by Gasteiger charge is -2.18. The number of nitrogens with zero attached hydrogens (tertiary/aromatic N) is 1. The molecule has 0 heterocycles. The number of anilines is 1. The predicted molar refractivity (Wildman–Crippen MR) is 84.8 cm³/mol. The van der Waals surface area contributed by atoms with Crippen molar-refractivity contribution in [1.29, 1.82) is 0 Å². The standard InChI is InChI=1S/C16H20N2O3S/c1-18(2)22(20,21)14-7-5-13(6-8-14)17-16(19)15-10-11-3-4-12(15)9-11/h3-8,11-12,15H,9-10H2,1-2H3,(H,17,19)/t11-,12+,15-/m0/s1. The SMILES string of the molecule is CN(C)S(=O)(=O)c1ccc(NC(=O)[C@H]2C[C@H]3C=C[C@@H]2C3)cc1. The van der Waals surface area contributed by atoms with Crippen LogP contribution in [0, 0.1) is 17.8 Å². The first-order valence-corrected chi connectivity index (χ1v) is 8.84. The number of rotatable bonds is 4. The number of fused-ring (bicyclic) bond motifs is 2. The first kappa shape index (κ1) is 15.2. The molecule has 0 spiro atoms. The normalized spacial score (nSPS) is 26.6. The Balaban J connectivity index is 1.69. The van der Waals surface area contributed by atoms with Gasteiger partial charge in [0.05, 0.1) is 4.90 Å². The van der Waals surface area contributed by atoms with Crippen LogP contribution >= 0.6 is 0 Å². The number of nitrogens with one attached hydrogen (secondary N) is 1. The summed E-state index contributed by atoms with van der Waals surface area (Å²) in [6.07, 6.45) is 6.35. The molecule has 0 aromatic heterocycles. The summed E-state index contributed by atoms with van der Waals surface area (Å²) in [6.45, 7) is 0. The molecule has 1 fully saturated rings. The van der Waals surface area contributed by atoms with Gasteiger partial charge in [0.25, 0.3) is 0 Å². The zero-order chi connectivity index (χ0) is 15.9. The average molecular weight is 320 g/mol. The highest BCUT2D eigenvalue weighted by molar-refractivity contribution is 7.89. The summed E-state index contributed by atoms with van der Waals surface area (Å²) in [5.74, 6) is 0.979. The Bertz CT molecular complexity index is 707. The van der Waals surface area contributed by atoms with Gasteiger partial charge in [-0.15, -0.1) is 0 Å². The molecule has 1 aromatic rings. The zero-order valence-electron chi connectivity index (χ0n) is 12.7. The summed E-state index contributed by atoms with van der Waals surface area (Å²) in [6, 6.07) is 6.31. The van der Waals surface area contributed by atoms with Crippen LogP contribution in [0.4, 0.5) is 5.69 Å². The number of hydrogen-bond acceptors (Lipinski definition) is 3. The molecular formula is C16H20N2O3S. The van der Waals surface area contributed by atoms with Crippen LogP contribution in [0.3, 0.4) is 0 Å².